The highest BCUT2D eigenvalue weighted by molar-refractivity contribution is 5.93. The molecule has 0 saturated carbocycles. The summed E-state index contributed by atoms with van der Waals surface area (Å²) in [5.41, 5.74) is 0. The summed E-state index contributed by atoms with van der Waals surface area (Å²) in [7, 11) is 0. The average Bonchev–Trinajstić information content (AvgIpc) is 2.47. The number of rotatable bonds is 1. The molecule has 1 aliphatic rings. The Balaban J connectivity index is 2.62. The summed E-state index contributed by atoms with van der Waals surface area (Å²) in [6.45, 7) is 6.89. The van der Waals surface area contributed by atoms with Gasteiger partial charge in [0.05, 0.1) is 0 Å². The van der Waals surface area contributed by atoms with Crippen LogP contribution in [0.3, 0.4) is 0 Å². The summed E-state index contributed by atoms with van der Waals surface area (Å²) in [4.78, 5) is 13.4. The number of hydrogen-bond donors (Lipinski definition) is 0. The fourth-order valence-corrected chi connectivity index (χ4v) is 2.01. The molecule has 0 bridgehead atoms. The molecule has 1 fully saturated rings. The summed E-state index contributed by atoms with van der Waals surface area (Å²) in [6, 6.07) is 0.373. The second-order valence-corrected chi connectivity index (χ2v) is 3.57. The third-order valence-electron chi connectivity index (χ3n) is 2.93. The largest absolute Gasteiger partial charge is 0.329 e. The van der Waals surface area contributed by atoms with Crippen molar-refractivity contribution in [1.82, 2.24) is 4.90 Å². The number of hydrogen-bond acceptors (Lipinski definition) is 1. The maximum atomic E-state index is 11.5. The van der Waals surface area contributed by atoms with Crippen LogP contribution in [0.5, 0.6) is 0 Å². The third-order valence-corrected chi connectivity index (χ3v) is 2.93. The maximum Gasteiger partial charge on any atom is 0.298 e. The van der Waals surface area contributed by atoms with Gasteiger partial charge < -0.3 is 4.90 Å². The van der Waals surface area contributed by atoms with E-state index in [0.29, 0.717) is 12.0 Å². The molecule has 0 aromatic heterocycles. The van der Waals surface area contributed by atoms with Crippen LogP contribution < -0.4 is 0 Å². The number of likely N-dealkylation sites (tertiary alicyclic amines) is 1. The number of nitrogens with zero attached hydrogens (tertiary/aromatic N) is 1. The van der Waals surface area contributed by atoms with E-state index < -0.39 is 0 Å². The Bertz CT molecular complexity index is 249. The lowest BCUT2D eigenvalue weighted by Crippen LogP contribution is -2.34. The fraction of sp³-hybridized carbons (Fsp3) is 0.727. The van der Waals surface area contributed by atoms with Crippen molar-refractivity contribution in [1.29, 1.82) is 0 Å². The highest BCUT2D eigenvalue weighted by atomic mass is 16.2. The first-order chi connectivity index (χ1) is 6.20. The minimum Gasteiger partial charge on any atom is -0.329 e. The molecular weight excluding hydrogens is 162 g/mol. The molecule has 1 amide bonds. The van der Waals surface area contributed by atoms with E-state index in [2.05, 4.69) is 25.7 Å². The van der Waals surface area contributed by atoms with Crippen LogP contribution >= 0.6 is 0 Å². The van der Waals surface area contributed by atoms with Crippen LogP contribution in [0.15, 0.2) is 0 Å². The third kappa shape index (κ3) is 2.03. The Morgan fingerprint density at radius 2 is 2.31 bits per heavy atom. The summed E-state index contributed by atoms with van der Waals surface area (Å²) in [6.07, 6.45) is 2.29. The van der Waals surface area contributed by atoms with Gasteiger partial charge in [-0.3, -0.25) is 4.79 Å². The van der Waals surface area contributed by atoms with Crippen LogP contribution in [0.1, 0.15) is 33.6 Å². The van der Waals surface area contributed by atoms with Gasteiger partial charge in [-0.25, -0.2) is 0 Å². The van der Waals surface area contributed by atoms with Gasteiger partial charge in [0.15, 0.2) is 0 Å². The Morgan fingerprint density at radius 3 is 2.77 bits per heavy atom. The van der Waals surface area contributed by atoms with Gasteiger partial charge >= 0.3 is 0 Å². The van der Waals surface area contributed by atoms with E-state index in [-0.39, 0.29) is 5.91 Å². The summed E-state index contributed by atoms with van der Waals surface area (Å²) in [5, 5.41) is 0. The van der Waals surface area contributed by atoms with E-state index >= 15 is 0 Å². The Kier molecular flexibility index (Phi) is 3.36. The van der Waals surface area contributed by atoms with Crippen LogP contribution in [0.4, 0.5) is 0 Å². The lowest BCUT2D eigenvalue weighted by Gasteiger charge is -2.21. The summed E-state index contributed by atoms with van der Waals surface area (Å²) in [5.74, 6) is 5.92. The van der Waals surface area contributed by atoms with E-state index in [1.807, 2.05) is 4.90 Å². The van der Waals surface area contributed by atoms with Crippen LogP contribution in [0.25, 0.3) is 0 Å². The molecule has 0 spiro atoms. The second-order valence-electron chi connectivity index (χ2n) is 3.57. The number of carbonyl (C=O) groups excluding carboxylic acids is 1. The van der Waals surface area contributed by atoms with Crippen LogP contribution in [0, 0.1) is 17.8 Å². The molecule has 2 unspecified atom stereocenters. The zero-order chi connectivity index (χ0) is 9.84. The fourth-order valence-electron chi connectivity index (χ4n) is 2.01. The molecule has 0 aromatic rings. The van der Waals surface area contributed by atoms with Crippen molar-refractivity contribution in [3.63, 3.8) is 0 Å². The van der Waals surface area contributed by atoms with E-state index in [1.54, 1.807) is 6.92 Å². The van der Waals surface area contributed by atoms with Crippen molar-refractivity contribution in [3.05, 3.63) is 0 Å². The molecule has 1 aliphatic heterocycles. The average molecular weight is 179 g/mol. The first kappa shape index (κ1) is 10.1. The van der Waals surface area contributed by atoms with E-state index in [9.17, 15) is 4.79 Å². The molecule has 1 saturated heterocycles. The van der Waals surface area contributed by atoms with Crippen molar-refractivity contribution in [3.8, 4) is 11.8 Å². The molecule has 2 atom stereocenters. The van der Waals surface area contributed by atoms with E-state index in [0.717, 1.165) is 19.4 Å². The molecule has 13 heavy (non-hydrogen) atoms. The quantitative estimate of drug-likeness (QED) is 0.560. The van der Waals surface area contributed by atoms with Crippen molar-refractivity contribution in [2.24, 2.45) is 5.92 Å². The van der Waals surface area contributed by atoms with Crippen molar-refractivity contribution in [2.75, 3.05) is 6.54 Å². The SMILES string of the molecule is CC#CC(=O)N1CCC(CC)C1C. The van der Waals surface area contributed by atoms with Gasteiger partial charge in [-0.15, -0.1) is 0 Å². The summed E-state index contributed by atoms with van der Waals surface area (Å²) < 4.78 is 0. The van der Waals surface area contributed by atoms with Gasteiger partial charge in [0.1, 0.15) is 0 Å². The monoisotopic (exact) mass is 179 g/mol. The van der Waals surface area contributed by atoms with Gasteiger partial charge in [0, 0.05) is 12.6 Å². The molecule has 0 aliphatic carbocycles. The molecule has 1 heterocycles. The zero-order valence-electron chi connectivity index (χ0n) is 8.63. The van der Waals surface area contributed by atoms with Gasteiger partial charge in [-0.2, -0.15) is 0 Å². The standard InChI is InChI=1S/C11H17NO/c1-4-6-11(13)12-8-7-10(5-2)9(12)3/h9-10H,5,7-8H2,1-3H3. The first-order valence-corrected chi connectivity index (χ1v) is 4.94. The molecule has 0 aromatic carbocycles. The Morgan fingerprint density at radius 1 is 1.62 bits per heavy atom. The number of carbonyl (C=O) groups is 1. The lowest BCUT2D eigenvalue weighted by atomic mass is 9.99. The molecule has 72 valence electrons. The molecule has 1 rings (SSSR count). The lowest BCUT2D eigenvalue weighted by molar-refractivity contribution is -0.125. The smallest absolute Gasteiger partial charge is 0.298 e. The number of amides is 1. The predicted octanol–water partition coefficient (Wildman–Crippen LogP) is 1.66. The van der Waals surface area contributed by atoms with Crippen LogP contribution in [-0.2, 0) is 4.79 Å². The normalized spacial score (nSPS) is 26.8. The van der Waals surface area contributed by atoms with Crippen molar-refractivity contribution in [2.45, 2.75) is 39.7 Å². The minimum atomic E-state index is -0.00838. The highest BCUT2D eigenvalue weighted by Gasteiger charge is 2.31. The molecule has 0 N–H and O–H groups in total. The molecule has 2 nitrogen and oxygen atoms in total. The maximum absolute atomic E-state index is 11.5. The summed E-state index contributed by atoms with van der Waals surface area (Å²) >= 11 is 0. The minimum absolute atomic E-state index is 0.00838. The Hall–Kier alpha value is -0.970. The van der Waals surface area contributed by atoms with E-state index in [4.69, 9.17) is 0 Å². The zero-order valence-corrected chi connectivity index (χ0v) is 8.63. The van der Waals surface area contributed by atoms with Gasteiger partial charge in [0.25, 0.3) is 5.91 Å². The molecule has 2 heteroatoms. The van der Waals surface area contributed by atoms with Gasteiger partial charge in [0.2, 0.25) is 0 Å². The molecule has 0 radical (unpaired) electrons. The molecular formula is C11H17NO. The van der Waals surface area contributed by atoms with Gasteiger partial charge in [-0.05, 0) is 32.1 Å². The highest BCUT2D eigenvalue weighted by Crippen LogP contribution is 2.26. The van der Waals surface area contributed by atoms with Crippen molar-refractivity contribution < 1.29 is 4.79 Å². The topological polar surface area (TPSA) is 20.3 Å². The van der Waals surface area contributed by atoms with Crippen LogP contribution in [0.2, 0.25) is 0 Å². The predicted molar refractivity (Wildman–Crippen MR) is 53.0 cm³/mol. The Labute approximate surface area is 80.3 Å². The van der Waals surface area contributed by atoms with E-state index in [1.165, 1.54) is 0 Å². The first-order valence-electron chi connectivity index (χ1n) is 4.94. The van der Waals surface area contributed by atoms with Gasteiger partial charge in [-0.1, -0.05) is 19.3 Å². The van der Waals surface area contributed by atoms with Crippen molar-refractivity contribution >= 4 is 5.91 Å². The van der Waals surface area contributed by atoms with Crippen LogP contribution in [-0.4, -0.2) is 23.4 Å². The second kappa shape index (κ2) is 4.32.